The van der Waals surface area contributed by atoms with Crippen LogP contribution in [0.1, 0.15) is 21.9 Å². The third-order valence-corrected chi connectivity index (χ3v) is 4.54. The molecule has 1 aromatic carbocycles. The molecule has 9 heteroatoms. The molecule has 8 nitrogen and oxygen atoms in total. The van der Waals surface area contributed by atoms with E-state index in [0.29, 0.717) is 11.6 Å². The summed E-state index contributed by atoms with van der Waals surface area (Å²) in [5.41, 5.74) is 5.75. The number of rotatable bonds is 6. The Bertz CT molecular complexity index is 877. The van der Waals surface area contributed by atoms with E-state index in [1.165, 1.54) is 24.1 Å². The lowest BCUT2D eigenvalue weighted by molar-refractivity contribution is -0.119. The van der Waals surface area contributed by atoms with Crippen molar-refractivity contribution in [2.24, 2.45) is 7.05 Å². The van der Waals surface area contributed by atoms with Crippen LogP contribution in [-0.4, -0.2) is 32.3 Å². The fourth-order valence-corrected chi connectivity index (χ4v) is 2.90. The Morgan fingerprint density at radius 2 is 1.92 bits per heavy atom. The average Bonchev–Trinajstić information content (AvgIpc) is 3.30. The van der Waals surface area contributed by atoms with Crippen LogP contribution in [0.2, 0.25) is 0 Å². The van der Waals surface area contributed by atoms with Crippen LogP contribution in [0.15, 0.2) is 58.3 Å². The van der Waals surface area contributed by atoms with Crippen molar-refractivity contribution < 1.29 is 14.0 Å². The molecule has 0 fully saturated rings. The van der Waals surface area contributed by atoms with E-state index in [4.69, 9.17) is 4.42 Å². The quantitative estimate of drug-likeness (QED) is 0.504. The van der Waals surface area contributed by atoms with E-state index in [1.54, 1.807) is 6.07 Å². The number of aromatic nitrogens is 3. The molecule has 0 radical (unpaired) electrons. The van der Waals surface area contributed by atoms with Crippen LogP contribution in [0, 0.1) is 0 Å². The van der Waals surface area contributed by atoms with Crippen LogP contribution in [0.3, 0.4) is 0 Å². The first-order chi connectivity index (χ1) is 12.6. The molecule has 2 aromatic heterocycles. The van der Waals surface area contributed by atoms with Crippen LogP contribution in [-0.2, 0) is 18.3 Å². The molecule has 2 amide bonds. The van der Waals surface area contributed by atoms with Gasteiger partial charge >= 0.3 is 5.91 Å². The number of benzene rings is 1. The third-order valence-electron chi connectivity index (χ3n) is 3.52. The Morgan fingerprint density at radius 1 is 1.12 bits per heavy atom. The maximum absolute atomic E-state index is 11.9. The molecule has 0 spiro atoms. The van der Waals surface area contributed by atoms with E-state index >= 15 is 0 Å². The number of furan rings is 1. The van der Waals surface area contributed by atoms with Crippen LogP contribution >= 0.6 is 11.8 Å². The van der Waals surface area contributed by atoms with Gasteiger partial charge in [0, 0.05) is 13.5 Å². The largest absolute Gasteiger partial charge is 0.459 e. The smallest absolute Gasteiger partial charge is 0.305 e. The minimum absolute atomic E-state index is 0.0930. The number of hydrogen-bond acceptors (Lipinski definition) is 6. The molecule has 0 aliphatic heterocycles. The first-order valence-electron chi connectivity index (χ1n) is 7.81. The number of nitrogens with zero attached hydrogens (tertiary/aromatic N) is 3. The summed E-state index contributed by atoms with van der Waals surface area (Å²) in [7, 11) is 1.86. The average molecular weight is 371 g/mol. The van der Waals surface area contributed by atoms with E-state index in [9.17, 15) is 9.59 Å². The molecule has 0 atom stereocenters. The van der Waals surface area contributed by atoms with Crippen molar-refractivity contribution in [3.05, 3.63) is 65.9 Å². The number of amides is 2. The molecule has 0 saturated carbocycles. The molecule has 3 aromatic rings. The van der Waals surface area contributed by atoms with Gasteiger partial charge in [0.2, 0.25) is 5.91 Å². The Kier molecular flexibility index (Phi) is 5.69. The zero-order valence-electron chi connectivity index (χ0n) is 14.0. The minimum Gasteiger partial charge on any atom is -0.459 e. The fourth-order valence-electron chi connectivity index (χ4n) is 2.17. The molecule has 0 aliphatic carbocycles. The summed E-state index contributed by atoms with van der Waals surface area (Å²) < 4.78 is 6.79. The van der Waals surface area contributed by atoms with E-state index < -0.39 is 5.91 Å². The number of carbonyl (C=O) groups excluding carboxylic acids is 2. The Hall–Kier alpha value is -3.07. The van der Waals surface area contributed by atoms with Crippen molar-refractivity contribution in [3.63, 3.8) is 0 Å². The van der Waals surface area contributed by atoms with E-state index in [-0.39, 0.29) is 17.4 Å². The van der Waals surface area contributed by atoms with Gasteiger partial charge in [-0.3, -0.25) is 20.4 Å². The SMILES string of the molecule is Cn1c(Cc2ccccc2)nnc1SCC(=O)NNC(=O)c1ccco1. The molecule has 134 valence electrons. The number of thioether (sulfide) groups is 1. The fraction of sp³-hybridized carbons (Fsp3) is 0.176. The molecular weight excluding hydrogens is 354 g/mol. The van der Waals surface area contributed by atoms with Crippen LogP contribution in [0.4, 0.5) is 0 Å². The highest BCUT2D eigenvalue weighted by atomic mass is 32.2. The number of nitrogens with one attached hydrogen (secondary N) is 2. The maximum Gasteiger partial charge on any atom is 0.305 e. The van der Waals surface area contributed by atoms with Gasteiger partial charge in [0.05, 0.1) is 12.0 Å². The lowest BCUT2D eigenvalue weighted by Crippen LogP contribution is -2.42. The first-order valence-corrected chi connectivity index (χ1v) is 8.79. The minimum atomic E-state index is -0.517. The number of carbonyl (C=O) groups is 2. The summed E-state index contributed by atoms with van der Waals surface area (Å²) in [6.07, 6.45) is 2.05. The van der Waals surface area contributed by atoms with Crippen molar-refractivity contribution >= 4 is 23.6 Å². The maximum atomic E-state index is 11.9. The molecule has 0 saturated heterocycles. The zero-order valence-corrected chi connectivity index (χ0v) is 14.8. The third kappa shape index (κ3) is 4.51. The summed E-state index contributed by atoms with van der Waals surface area (Å²) in [6, 6.07) is 13.1. The molecule has 2 heterocycles. The highest BCUT2D eigenvalue weighted by Crippen LogP contribution is 2.17. The van der Waals surface area contributed by atoms with Crippen molar-refractivity contribution in [2.45, 2.75) is 11.6 Å². The Morgan fingerprint density at radius 3 is 2.65 bits per heavy atom. The second-order valence-electron chi connectivity index (χ2n) is 5.39. The Labute approximate surface area is 154 Å². The zero-order chi connectivity index (χ0) is 18.4. The summed E-state index contributed by atoms with van der Waals surface area (Å²) >= 11 is 1.24. The van der Waals surface area contributed by atoms with Crippen LogP contribution < -0.4 is 10.9 Å². The van der Waals surface area contributed by atoms with Crippen molar-refractivity contribution in [3.8, 4) is 0 Å². The van der Waals surface area contributed by atoms with Gasteiger partial charge in [0.1, 0.15) is 5.82 Å². The Balaban J connectivity index is 1.48. The van der Waals surface area contributed by atoms with Crippen molar-refractivity contribution in [1.29, 1.82) is 0 Å². The second-order valence-corrected chi connectivity index (χ2v) is 6.33. The van der Waals surface area contributed by atoms with E-state index in [1.807, 2.05) is 41.9 Å². The van der Waals surface area contributed by atoms with Gasteiger partial charge in [-0.25, -0.2) is 0 Å². The number of hydrogen-bond donors (Lipinski definition) is 2. The second kappa shape index (κ2) is 8.34. The topological polar surface area (TPSA) is 102 Å². The predicted octanol–water partition coefficient (Wildman–Crippen LogP) is 1.55. The van der Waals surface area contributed by atoms with Crippen LogP contribution in [0.25, 0.3) is 0 Å². The highest BCUT2D eigenvalue weighted by molar-refractivity contribution is 7.99. The normalized spacial score (nSPS) is 10.5. The molecule has 26 heavy (non-hydrogen) atoms. The van der Waals surface area contributed by atoms with Gasteiger partial charge in [0.15, 0.2) is 10.9 Å². The summed E-state index contributed by atoms with van der Waals surface area (Å²) in [4.78, 5) is 23.5. The molecule has 0 bridgehead atoms. The van der Waals surface area contributed by atoms with Gasteiger partial charge in [-0.1, -0.05) is 42.1 Å². The molecule has 3 rings (SSSR count). The van der Waals surface area contributed by atoms with Crippen LogP contribution in [0.5, 0.6) is 0 Å². The standard InChI is InChI=1S/C17H17N5O3S/c1-22-14(10-12-6-3-2-4-7-12)18-21-17(22)26-11-15(23)19-20-16(24)13-8-5-9-25-13/h2-9H,10-11H2,1H3,(H,19,23)(H,20,24). The van der Waals surface area contributed by atoms with Gasteiger partial charge < -0.3 is 8.98 Å². The molecule has 0 unspecified atom stereocenters. The van der Waals surface area contributed by atoms with E-state index in [2.05, 4.69) is 21.0 Å². The highest BCUT2D eigenvalue weighted by Gasteiger charge is 2.13. The van der Waals surface area contributed by atoms with Crippen molar-refractivity contribution in [2.75, 3.05) is 5.75 Å². The van der Waals surface area contributed by atoms with Gasteiger partial charge in [0.25, 0.3) is 0 Å². The predicted molar refractivity (Wildman–Crippen MR) is 95.3 cm³/mol. The van der Waals surface area contributed by atoms with Gasteiger partial charge in [-0.15, -0.1) is 10.2 Å². The lowest BCUT2D eigenvalue weighted by Gasteiger charge is -2.06. The summed E-state index contributed by atoms with van der Waals surface area (Å²) in [6.45, 7) is 0. The molecule has 0 aliphatic rings. The summed E-state index contributed by atoms with van der Waals surface area (Å²) in [5, 5.41) is 8.92. The lowest BCUT2D eigenvalue weighted by atomic mass is 10.1. The number of hydrazine groups is 1. The van der Waals surface area contributed by atoms with Gasteiger partial charge in [-0.2, -0.15) is 0 Å². The molecular formula is C17H17N5O3S. The first kappa shape index (κ1) is 17.7. The van der Waals surface area contributed by atoms with Gasteiger partial charge in [-0.05, 0) is 17.7 Å². The van der Waals surface area contributed by atoms with Crippen molar-refractivity contribution in [1.82, 2.24) is 25.6 Å². The summed E-state index contributed by atoms with van der Waals surface area (Å²) in [5.74, 6) is 0.150. The monoisotopic (exact) mass is 371 g/mol. The van der Waals surface area contributed by atoms with E-state index in [0.717, 1.165) is 11.4 Å². The molecule has 2 N–H and O–H groups in total.